The Morgan fingerprint density at radius 2 is 2.27 bits per heavy atom. The second-order valence-electron chi connectivity index (χ2n) is 6.90. The fourth-order valence-electron chi connectivity index (χ4n) is 3.49. The van der Waals surface area contributed by atoms with E-state index in [1.54, 1.807) is 11.3 Å². The van der Waals surface area contributed by atoms with E-state index in [1.807, 2.05) is 24.3 Å². The maximum Gasteiger partial charge on any atom is 0.234 e. The van der Waals surface area contributed by atoms with Crippen molar-refractivity contribution in [2.24, 2.45) is 0 Å². The van der Waals surface area contributed by atoms with E-state index in [4.69, 9.17) is 4.42 Å². The molecular formula is C20H23N3O2S. The van der Waals surface area contributed by atoms with Crippen LogP contribution in [0.2, 0.25) is 0 Å². The van der Waals surface area contributed by atoms with Gasteiger partial charge in [-0.2, -0.15) is 0 Å². The van der Waals surface area contributed by atoms with Crippen LogP contribution in [0.25, 0.3) is 11.1 Å². The number of carbonyl (C=O) groups is 1. The van der Waals surface area contributed by atoms with E-state index in [0.29, 0.717) is 13.1 Å². The van der Waals surface area contributed by atoms with Gasteiger partial charge in [0.1, 0.15) is 5.52 Å². The minimum absolute atomic E-state index is 0.0796. The van der Waals surface area contributed by atoms with Gasteiger partial charge in [-0.05, 0) is 55.5 Å². The molecule has 1 N–H and O–H groups in total. The van der Waals surface area contributed by atoms with E-state index < -0.39 is 0 Å². The molecule has 0 aliphatic carbocycles. The van der Waals surface area contributed by atoms with E-state index in [9.17, 15) is 4.79 Å². The smallest absolute Gasteiger partial charge is 0.234 e. The summed E-state index contributed by atoms with van der Waals surface area (Å²) in [5.41, 5.74) is 2.98. The van der Waals surface area contributed by atoms with Gasteiger partial charge in [0.2, 0.25) is 5.91 Å². The van der Waals surface area contributed by atoms with Gasteiger partial charge in [0.15, 0.2) is 11.5 Å². The van der Waals surface area contributed by atoms with Gasteiger partial charge >= 0.3 is 0 Å². The summed E-state index contributed by atoms with van der Waals surface area (Å²) in [5, 5.41) is 5.10. The predicted molar refractivity (Wildman–Crippen MR) is 103 cm³/mol. The van der Waals surface area contributed by atoms with Crippen molar-refractivity contribution >= 4 is 28.3 Å². The number of hydrogen-bond acceptors (Lipinski definition) is 5. The third-order valence-electron chi connectivity index (χ3n) is 4.95. The molecule has 3 aromatic rings. The van der Waals surface area contributed by atoms with Gasteiger partial charge in [0, 0.05) is 17.3 Å². The van der Waals surface area contributed by atoms with Crippen LogP contribution in [0, 0.1) is 6.92 Å². The van der Waals surface area contributed by atoms with Crippen molar-refractivity contribution in [1.29, 1.82) is 0 Å². The molecule has 3 heterocycles. The van der Waals surface area contributed by atoms with Gasteiger partial charge in [-0.3, -0.25) is 9.69 Å². The van der Waals surface area contributed by atoms with E-state index in [0.717, 1.165) is 42.9 Å². The highest BCUT2D eigenvalue weighted by Crippen LogP contribution is 2.28. The lowest BCUT2D eigenvalue weighted by Crippen LogP contribution is -2.41. The zero-order valence-electron chi connectivity index (χ0n) is 14.9. The second-order valence-corrected chi connectivity index (χ2v) is 7.90. The molecule has 1 atom stereocenters. The van der Waals surface area contributed by atoms with Crippen LogP contribution in [0.5, 0.6) is 0 Å². The molecule has 5 nitrogen and oxygen atoms in total. The first-order valence-corrected chi connectivity index (χ1v) is 9.94. The first kappa shape index (κ1) is 17.2. The maximum atomic E-state index is 12.3. The van der Waals surface area contributed by atoms with Crippen LogP contribution in [0.1, 0.15) is 35.1 Å². The zero-order chi connectivity index (χ0) is 17.9. The Morgan fingerprint density at radius 1 is 1.38 bits per heavy atom. The third kappa shape index (κ3) is 3.81. The molecule has 0 bridgehead atoms. The molecule has 26 heavy (non-hydrogen) atoms. The molecule has 1 aliphatic heterocycles. The van der Waals surface area contributed by atoms with Gasteiger partial charge in [0.25, 0.3) is 0 Å². The van der Waals surface area contributed by atoms with Crippen molar-refractivity contribution in [3.05, 3.63) is 52.0 Å². The number of fused-ring (bicyclic) bond motifs is 1. The predicted octanol–water partition coefficient (Wildman–Crippen LogP) is 3.69. The molecule has 4 rings (SSSR count). The summed E-state index contributed by atoms with van der Waals surface area (Å²) in [6, 6.07) is 9.95. The summed E-state index contributed by atoms with van der Waals surface area (Å²) in [6.07, 6.45) is 2.11. The average Bonchev–Trinajstić information content (AvgIpc) is 3.26. The highest BCUT2D eigenvalue weighted by molar-refractivity contribution is 7.10. The molecule has 1 aromatic carbocycles. The van der Waals surface area contributed by atoms with Crippen LogP contribution in [0.3, 0.4) is 0 Å². The first-order chi connectivity index (χ1) is 12.7. The Morgan fingerprint density at radius 3 is 3.08 bits per heavy atom. The molecule has 0 spiro atoms. The highest BCUT2D eigenvalue weighted by Gasteiger charge is 2.26. The molecule has 136 valence electrons. The Labute approximate surface area is 157 Å². The number of aromatic nitrogens is 1. The van der Waals surface area contributed by atoms with Crippen molar-refractivity contribution in [3.8, 4) is 0 Å². The van der Waals surface area contributed by atoms with Crippen molar-refractivity contribution in [3.63, 3.8) is 0 Å². The van der Waals surface area contributed by atoms with Crippen LogP contribution in [0.4, 0.5) is 0 Å². The molecule has 6 heteroatoms. The van der Waals surface area contributed by atoms with Crippen molar-refractivity contribution < 1.29 is 9.21 Å². The normalized spacial score (nSPS) is 18.3. The molecule has 1 amide bonds. The van der Waals surface area contributed by atoms with Crippen LogP contribution >= 0.6 is 11.3 Å². The van der Waals surface area contributed by atoms with Crippen molar-refractivity contribution in [1.82, 2.24) is 15.2 Å². The molecule has 1 unspecified atom stereocenters. The third-order valence-corrected chi connectivity index (χ3v) is 5.97. The summed E-state index contributed by atoms with van der Waals surface area (Å²) in [5.74, 6) is 1.13. The zero-order valence-corrected chi connectivity index (χ0v) is 15.7. The van der Waals surface area contributed by atoms with Crippen LogP contribution < -0.4 is 5.32 Å². The van der Waals surface area contributed by atoms with Gasteiger partial charge in [0.05, 0.1) is 13.1 Å². The standard InChI is InChI=1S/C20H23N3O2S/c1-14-8-10-26-18(14)11-21-19(24)13-23-9-4-5-15(12-23)20-22-16-6-2-3-7-17(16)25-20/h2-3,6-8,10,15H,4-5,9,11-13H2,1H3,(H,21,24). The number of likely N-dealkylation sites (tertiary alicyclic amines) is 1. The molecule has 1 saturated heterocycles. The van der Waals surface area contributed by atoms with E-state index in [-0.39, 0.29) is 11.8 Å². The minimum atomic E-state index is 0.0796. The van der Waals surface area contributed by atoms with Crippen LogP contribution in [0.15, 0.2) is 40.1 Å². The van der Waals surface area contributed by atoms with Crippen molar-refractivity contribution in [2.75, 3.05) is 19.6 Å². The minimum Gasteiger partial charge on any atom is -0.440 e. The number of benzene rings is 1. The van der Waals surface area contributed by atoms with Crippen molar-refractivity contribution in [2.45, 2.75) is 32.2 Å². The number of nitrogens with one attached hydrogen (secondary N) is 1. The SMILES string of the molecule is Cc1ccsc1CNC(=O)CN1CCCC(c2nc3ccccc3o2)C1. The molecular weight excluding hydrogens is 346 g/mol. The Hall–Kier alpha value is -2.18. The highest BCUT2D eigenvalue weighted by atomic mass is 32.1. The number of aryl methyl sites for hydroxylation is 1. The topological polar surface area (TPSA) is 58.4 Å². The quantitative estimate of drug-likeness (QED) is 0.745. The number of para-hydroxylation sites is 2. The fourth-order valence-corrected chi connectivity index (χ4v) is 4.33. The molecule has 1 aliphatic rings. The van der Waals surface area contributed by atoms with Crippen LogP contribution in [-0.4, -0.2) is 35.4 Å². The monoisotopic (exact) mass is 369 g/mol. The summed E-state index contributed by atoms with van der Waals surface area (Å²) in [4.78, 5) is 20.4. The first-order valence-electron chi connectivity index (χ1n) is 9.06. The summed E-state index contributed by atoms with van der Waals surface area (Å²) in [6.45, 7) is 4.89. The number of rotatable bonds is 5. The Bertz CT molecular complexity index is 868. The van der Waals surface area contributed by atoms with Gasteiger partial charge in [-0.25, -0.2) is 4.98 Å². The van der Waals surface area contributed by atoms with Crippen LogP contribution in [-0.2, 0) is 11.3 Å². The number of nitrogens with zero attached hydrogens (tertiary/aromatic N) is 2. The summed E-state index contributed by atoms with van der Waals surface area (Å²) >= 11 is 1.69. The number of piperidine rings is 1. The lowest BCUT2D eigenvalue weighted by molar-refractivity contribution is -0.122. The lowest BCUT2D eigenvalue weighted by Gasteiger charge is -2.30. The van der Waals surface area contributed by atoms with E-state index in [1.165, 1.54) is 10.4 Å². The second kappa shape index (κ2) is 7.60. The number of thiophene rings is 1. The molecule has 0 saturated carbocycles. The number of hydrogen-bond donors (Lipinski definition) is 1. The average molecular weight is 369 g/mol. The Kier molecular flexibility index (Phi) is 5.04. The van der Waals surface area contributed by atoms with Gasteiger partial charge < -0.3 is 9.73 Å². The lowest BCUT2D eigenvalue weighted by atomic mass is 9.98. The summed E-state index contributed by atoms with van der Waals surface area (Å²) < 4.78 is 5.93. The number of carbonyl (C=O) groups excluding carboxylic acids is 1. The molecule has 2 aromatic heterocycles. The maximum absolute atomic E-state index is 12.3. The number of amides is 1. The van der Waals surface area contributed by atoms with E-state index in [2.05, 4.69) is 33.6 Å². The fraction of sp³-hybridized carbons (Fsp3) is 0.400. The molecule has 0 radical (unpaired) electrons. The summed E-state index contributed by atoms with van der Waals surface area (Å²) in [7, 11) is 0. The van der Waals surface area contributed by atoms with Gasteiger partial charge in [-0.15, -0.1) is 11.3 Å². The number of oxazole rings is 1. The van der Waals surface area contributed by atoms with E-state index >= 15 is 0 Å². The van der Waals surface area contributed by atoms with Gasteiger partial charge in [-0.1, -0.05) is 12.1 Å². The Balaban J connectivity index is 1.34. The largest absolute Gasteiger partial charge is 0.440 e. The molecule has 1 fully saturated rings.